The van der Waals surface area contributed by atoms with E-state index in [0.29, 0.717) is 11.1 Å². The molecular weight excluding hydrogens is 246 g/mol. The maximum absolute atomic E-state index is 13.5. The summed E-state index contributed by atoms with van der Waals surface area (Å²) in [7, 11) is 0. The summed E-state index contributed by atoms with van der Waals surface area (Å²) in [5.41, 5.74) is 0.312. The lowest BCUT2D eigenvalue weighted by Gasteiger charge is -2.05. The molecule has 0 bridgehead atoms. The first-order valence-electron chi connectivity index (χ1n) is 4.84. The van der Waals surface area contributed by atoms with Crippen molar-refractivity contribution in [3.63, 3.8) is 0 Å². The average Bonchev–Trinajstić information content (AvgIpc) is 2.28. The maximum Gasteiger partial charge on any atom is 0.258 e. The molecule has 0 aliphatic carbocycles. The Balaban J connectivity index is 2.57. The van der Waals surface area contributed by atoms with Gasteiger partial charge in [-0.05, 0) is 34.9 Å². The van der Waals surface area contributed by atoms with Crippen LogP contribution in [0.3, 0.4) is 0 Å². The van der Waals surface area contributed by atoms with Crippen LogP contribution in [0.2, 0.25) is 0 Å². The Morgan fingerprint density at radius 1 is 0.941 bits per heavy atom. The Bertz CT molecular complexity index is 544. The number of carbonyl (C=O) groups excluding carboxylic acids is 1. The van der Waals surface area contributed by atoms with E-state index in [1.165, 1.54) is 0 Å². The van der Waals surface area contributed by atoms with Crippen LogP contribution in [-0.2, 0) is 0 Å². The second kappa shape index (κ2) is 4.63. The Morgan fingerprint density at radius 2 is 1.47 bits per heavy atom. The van der Waals surface area contributed by atoms with Crippen LogP contribution in [0, 0.1) is 11.6 Å². The second-order valence-electron chi connectivity index (χ2n) is 3.45. The van der Waals surface area contributed by atoms with Gasteiger partial charge in [0.05, 0.1) is 0 Å². The highest BCUT2D eigenvalue weighted by Gasteiger charge is 2.17. The molecule has 0 N–H and O–H groups in total. The number of rotatable bonds is 2. The van der Waals surface area contributed by atoms with Crippen molar-refractivity contribution in [1.82, 2.24) is 0 Å². The molecule has 0 amide bonds. The second-order valence-corrected chi connectivity index (χ2v) is 3.80. The number of halogens is 3. The van der Waals surface area contributed by atoms with E-state index in [2.05, 4.69) is 0 Å². The van der Waals surface area contributed by atoms with Crippen molar-refractivity contribution in [2.45, 2.75) is 0 Å². The van der Waals surface area contributed by atoms with Crippen LogP contribution in [-0.4, -0.2) is 5.24 Å². The van der Waals surface area contributed by atoms with E-state index in [9.17, 15) is 13.6 Å². The highest BCUT2D eigenvalue weighted by molar-refractivity contribution is 6.67. The van der Waals surface area contributed by atoms with Crippen molar-refractivity contribution in [2.75, 3.05) is 0 Å². The third-order valence-corrected chi connectivity index (χ3v) is 2.53. The molecule has 0 spiro atoms. The fourth-order valence-corrected chi connectivity index (χ4v) is 1.74. The third kappa shape index (κ3) is 2.34. The molecule has 2 aromatic carbocycles. The normalized spacial score (nSPS) is 10.3. The molecule has 0 atom stereocenters. The zero-order chi connectivity index (χ0) is 12.4. The smallest absolute Gasteiger partial charge is 0.258 e. The summed E-state index contributed by atoms with van der Waals surface area (Å²) in [5.74, 6) is -1.91. The first-order valence-corrected chi connectivity index (χ1v) is 5.21. The molecule has 2 aromatic rings. The van der Waals surface area contributed by atoms with Gasteiger partial charge in [-0.1, -0.05) is 30.3 Å². The van der Waals surface area contributed by atoms with Crippen molar-refractivity contribution in [1.29, 1.82) is 0 Å². The van der Waals surface area contributed by atoms with Gasteiger partial charge in [0.1, 0.15) is 17.2 Å². The molecule has 0 radical (unpaired) electrons. The summed E-state index contributed by atoms with van der Waals surface area (Å²) < 4.78 is 27.0. The predicted molar refractivity (Wildman–Crippen MR) is 62.0 cm³/mol. The fourth-order valence-electron chi connectivity index (χ4n) is 1.56. The topological polar surface area (TPSA) is 17.1 Å². The molecule has 0 saturated carbocycles. The lowest BCUT2D eigenvalue weighted by molar-refractivity contribution is 0.107. The van der Waals surface area contributed by atoms with Gasteiger partial charge in [-0.15, -0.1) is 0 Å². The minimum atomic E-state index is -1.14. The lowest BCUT2D eigenvalue weighted by atomic mass is 10.0. The molecule has 0 saturated heterocycles. The molecular formula is C13H7ClF2O. The van der Waals surface area contributed by atoms with Crippen molar-refractivity contribution in [2.24, 2.45) is 0 Å². The van der Waals surface area contributed by atoms with Gasteiger partial charge in [-0.2, -0.15) is 0 Å². The van der Waals surface area contributed by atoms with Crippen LogP contribution in [0.15, 0.2) is 42.5 Å². The Morgan fingerprint density at radius 3 is 1.94 bits per heavy atom. The largest absolute Gasteiger partial charge is 0.275 e. The average molecular weight is 253 g/mol. The van der Waals surface area contributed by atoms with Gasteiger partial charge >= 0.3 is 0 Å². The van der Waals surface area contributed by atoms with Gasteiger partial charge in [0.25, 0.3) is 5.24 Å². The number of hydrogen-bond donors (Lipinski definition) is 0. The van der Waals surface area contributed by atoms with E-state index >= 15 is 0 Å². The highest BCUT2D eigenvalue weighted by Crippen LogP contribution is 2.25. The number of benzene rings is 2. The van der Waals surface area contributed by atoms with E-state index in [0.717, 1.165) is 12.1 Å². The molecule has 17 heavy (non-hydrogen) atoms. The van der Waals surface area contributed by atoms with Crippen LogP contribution in [0.4, 0.5) is 8.78 Å². The zero-order valence-electron chi connectivity index (χ0n) is 8.58. The van der Waals surface area contributed by atoms with Crippen molar-refractivity contribution in [3.05, 3.63) is 59.7 Å². The molecule has 0 aromatic heterocycles. The van der Waals surface area contributed by atoms with Crippen molar-refractivity contribution < 1.29 is 13.6 Å². The van der Waals surface area contributed by atoms with Crippen LogP contribution in [0.25, 0.3) is 11.1 Å². The van der Waals surface area contributed by atoms with E-state index in [-0.39, 0.29) is 0 Å². The van der Waals surface area contributed by atoms with Crippen LogP contribution in [0.1, 0.15) is 10.4 Å². The summed E-state index contributed by atoms with van der Waals surface area (Å²) >= 11 is 5.09. The van der Waals surface area contributed by atoms with E-state index in [1.807, 2.05) is 0 Å². The van der Waals surface area contributed by atoms with Gasteiger partial charge in [0, 0.05) is 0 Å². The van der Waals surface area contributed by atoms with E-state index < -0.39 is 22.4 Å². The van der Waals surface area contributed by atoms with Gasteiger partial charge < -0.3 is 0 Å². The molecule has 0 heterocycles. The first kappa shape index (κ1) is 11.7. The molecule has 86 valence electrons. The minimum Gasteiger partial charge on any atom is -0.275 e. The van der Waals surface area contributed by atoms with Gasteiger partial charge in [0.2, 0.25) is 0 Å². The molecule has 2 rings (SSSR count). The monoisotopic (exact) mass is 252 g/mol. The first-order chi connectivity index (χ1) is 8.09. The predicted octanol–water partition coefficient (Wildman–Crippen LogP) is 4.01. The van der Waals surface area contributed by atoms with Gasteiger partial charge in [0.15, 0.2) is 0 Å². The Labute approximate surface area is 102 Å². The third-order valence-electron chi connectivity index (χ3n) is 2.35. The summed E-state index contributed by atoms with van der Waals surface area (Å²) in [6.07, 6.45) is 0. The van der Waals surface area contributed by atoms with E-state index in [4.69, 9.17) is 11.6 Å². The standard InChI is InChI=1S/C13H7ClF2O/c14-13(17)12-10(15)6-9(7-11(12)16)8-4-2-1-3-5-8/h1-7H. The maximum atomic E-state index is 13.5. The van der Waals surface area contributed by atoms with Crippen molar-refractivity contribution >= 4 is 16.8 Å². The summed E-state index contributed by atoms with van der Waals surface area (Å²) in [6, 6.07) is 10.9. The van der Waals surface area contributed by atoms with Crippen molar-refractivity contribution in [3.8, 4) is 11.1 Å². The van der Waals surface area contributed by atoms with Crippen LogP contribution >= 0.6 is 11.6 Å². The molecule has 1 nitrogen and oxygen atoms in total. The minimum absolute atomic E-state index is 0.363. The summed E-state index contributed by atoms with van der Waals surface area (Å²) in [4.78, 5) is 10.8. The van der Waals surface area contributed by atoms with Crippen LogP contribution < -0.4 is 0 Å². The van der Waals surface area contributed by atoms with Crippen LogP contribution in [0.5, 0.6) is 0 Å². The molecule has 0 aliphatic rings. The summed E-state index contributed by atoms with van der Waals surface area (Å²) in [5, 5.41) is -1.14. The highest BCUT2D eigenvalue weighted by atomic mass is 35.5. The molecule has 0 unspecified atom stereocenters. The molecule has 4 heteroatoms. The van der Waals surface area contributed by atoms with Gasteiger partial charge in [-0.3, -0.25) is 4.79 Å². The van der Waals surface area contributed by atoms with Gasteiger partial charge in [-0.25, -0.2) is 8.78 Å². The fraction of sp³-hybridized carbons (Fsp3) is 0. The SMILES string of the molecule is O=C(Cl)c1c(F)cc(-c2ccccc2)cc1F. The molecule has 0 fully saturated rings. The lowest BCUT2D eigenvalue weighted by Crippen LogP contribution is -2.00. The number of carbonyl (C=O) groups is 1. The zero-order valence-corrected chi connectivity index (χ0v) is 9.34. The Kier molecular flexibility index (Phi) is 3.20. The quantitative estimate of drug-likeness (QED) is 0.738. The van der Waals surface area contributed by atoms with E-state index in [1.54, 1.807) is 30.3 Å². The summed E-state index contributed by atoms with van der Waals surface area (Å²) in [6.45, 7) is 0. The number of hydrogen-bond acceptors (Lipinski definition) is 1. The molecule has 0 aliphatic heterocycles. The Hall–Kier alpha value is -1.74.